The molecule has 3 nitrogen and oxygen atoms in total. The Bertz CT molecular complexity index is 1040. The van der Waals surface area contributed by atoms with E-state index in [1.54, 1.807) is 16.0 Å². The predicted molar refractivity (Wildman–Crippen MR) is 82.7 cm³/mol. The Hall–Kier alpha value is -2.26. The van der Waals surface area contributed by atoms with Gasteiger partial charge >= 0.3 is 5.69 Å². The number of halogens is 1. The molecule has 0 bridgehead atoms. The Morgan fingerprint density at radius 2 is 1.75 bits per heavy atom. The Balaban J connectivity index is 2.41. The van der Waals surface area contributed by atoms with Crippen molar-refractivity contribution < 1.29 is 0 Å². The molecule has 0 aliphatic rings. The van der Waals surface area contributed by atoms with Crippen molar-refractivity contribution in [3.63, 3.8) is 0 Å². The van der Waals surface area contributed by atoms with Gasteiger partial charge in [0.15, 0.2) is 0 Å². The molecular formula is C16H11ClN2O. The first kappa shape index (κ1) is 11.6. The highest BCUT2D eigenvalue weighted by Gasteiger charge is 2.11. The molecule has 0 radical (unpaired) electrons. The number of para-hydroxylation sites is 1. The zero-order chi connectivity index (χ0) is 13.9. The van der Waals surface area contributed by atoms with Crippen LogP contribution in [0.5, 0.6) is 0 Å². The maximum atomic E-state index is 12.6. The van der Waals surface area contributed by atoms with E-state index >= 15 is 0 Å². The van der Waals surface area contributed by atoms with Crippen LogP contribution < -0.4 is 5.69 Å². The molecule has 0 saturated heterocycles. The van der Waals surface area contributed by atoms with Crippen molar-refractivity contribution in [1.29, 1.82) is 0 Å². The molecule has 0 N–H and O–H groups in total. The third-order valence-electron chi connectivity index (χ3n) is 3.79. The lowest BCUT2D eigenvalue weighted by atomic mass is 10.2. The maximum absolute atomic E-state index is 12.6. The van der Waals surface area contributed by atoms with Gasteiger partial charge in [-0.1, -0.05) is 35.9 Å². The highest BCUT2D eigenvalue weighted by molar-refractivity contribution is 6.31. The number of aryl methyl sites for hydroxylation is 1. The minimum atomic E-state index is -0.0593. The third kappa shape index (κ3) is 1.38. The van der Waals surface area contributed by atoms with Gasteiger partial charge in [-0.2, -0.15) is 0 Å². The van der Waals surface area contributed by atoms with Crippen LogP contribution in [0.25, 0.3) is 27.3 Å². The fraction of sp³-hybridized carbons (Fsp3) is 0.0625. The molecule has 0 saturated carbocycles. The molecule has 0 aliphatic heterocycles. The van der Waals surface area contributed by atoms with E-state index in [-0.39, 0.29) is 5.69 Å². The predicted octanol–water partition coefficient (Wildman–Crippen LogP) is 3.60. The van der Waals surface area contributed by atoms with E-state index in [4.69, 9.17) is 11.6 Å². The van der Waals surface area contributed by atoms with Crippen LogP contribution in [0.3, 0.4) is 0 Å². The number of rotatable bonds is 0. The minimum Gasteiger partial charge on any atom is -0.296 e. The highest BCUT2D eigenvalue weighted by atomic mass is 35.5. The lowest BCUT2D eigenvalue weighted by Crippen LogP contribution is -2.24. The second-order valence-corrected chi connectivity index (χ2v) is 5.36. The molecule has 0 aliphatic carbocycles. The van der Waals surface area contributed by atoms with Crippen LogP contribution >= 0.6 is 11.6 Å². The summed E-state index contributed by atoms with van der Waals surface area (Å²) < 4.78 is 3.40. The zero-order valence-corrected chi connectivity index (χ0v) is 11.6. The van der Waals surface area contributed by atoms with Crippen LogP contribution in [-0.2, 0) is 7.05 Å². The molecule has 2 aromatic carbocycles. The van der Waals surface area contributed by atoms with E-state index in [2.05, 4.69) is 0 Å². The Morgan fingerprint density at radius 3 is 2.60 bits per heavy atom. The molecule has 0 fully saturated rings. The van der Waals surface area contributed by atoms with Crippen molar-refractivity contribution in [2.75, 3.05) is 0 Å². The molecule has 0 unspecified atom stereocenters. The van der Waals surface area contributed by atoms with Crippen molar-refractivity contribution in [2.45, 2.75) is 0 Å². The van der Waals surface area contributed by atoms with Gasteiger partial charge in [0, 0.05) is 22.8 Å². The quantitative estimate of drug-likeness (QED) is 0.484. The van der Waals surface area contributed by atoms with E-state index in [1.165, 1.54) is 0 Å². The monoisotopic (exact) mass is 282 g/mol. The molecule has 2 heterocycles. The molecule has 0 amide bonds. The van der Waals surface area contributed by atoms with Crippen LogP contribution in [-0.4, -0.2) is 8.97 Å². The molecule has 4 heteroatoms. The maximum Gasteiger partial charge on any atom is 0.333 e. The smallest absolute Gasteiger partial charge is 0.296 e. The van der Waals surface area contributed by atoms with Crippen LogP contribution in [0.4, 0.5) is 0 Å². The van der Waals surface area contributed by atoms with E-state index in [1.807, 2.05) is 48.5 Å². The van der Waals surface area contributed by atoms with Gasteiger partial charge in [-0.3, -0.25) is 8.97 Å². The summed E-state index contributed by atoms with van der Waals surface area (Å²) in [6.07, 6.45) is 0. The average molecular weight is 283 g/mol. The van der Waals surface area contributed by atoms with Crippen molar-refractivity contribution >= 4 is 38.9 Å². The van der Waals surface area contributed by atoms with Crippen LogP contribution in [0, 0.1) is 0 Å². The van der Waals surface area contributed by atoms with Crippen LogP contribution in [0.1, 0.15) is 0 Å². The second kappa shape index (κ2) is 3.87. The number of hydrogen-bond acceptors (Lipinski definition) is 1. The molecule has 4 aromatic rings. The third-order valence-corrected chi connectivity index (χ3v) is 4.02. The summed E-state index contributed by atoms with van der Waals surface area (Å²) in [6, 6.07) is 15.6. The minimum absolute atomic E-state index is 0.0593. The molecular weight excluding hydrogens is 272 g/mol. The van der Waals surface area contributed by atoms with E-state index < -0.39 is 0 Å². The lowest BCUT2D eigenvalue weighted by molar-refractivity contribution is 0.838. The highest BCUT2D eigenvalue weighted by Crippen LogP contribution is 2.26. The SMILES string of the molecule is Cn1c(=O)n2c3cc(Cl)ccc3cc2c2ccccc21. The van der Waals surface area contributed by atoms with E-state index in [0.29, 0.717) is 5.02 Å². The average Bonchev–Trinajstić information content (AvgIpc) is 2.83. The largest absolute Gasteiger partial charge is 0.333 e. The van der Waals surface area contributed by atoms with Gasteiger partial charge in [0.2, 0.25) is 0 Å². The van der Waals surface area contributed by atoms with Crippen molar-refractivity contribution in [1.82, 2.24) is 8.97 Å². The van der Waals surface area contributed by atoms with Gasteiger partial charge < -0.3 is 0 Å². The van der Waals surface area contributed by atoms with Crippen LogP contribution in [0.15, 0.2) is 53.3 Å². The molecule has 98 valence electrons. The Kier molecular flexibility index (Phi) is 2.24. The van der Waals surface area contributed by atoms with Crippen molar-refractivity contribution in [3.05, 3.63) is 64.0 Å². The van der Waals surface area contributed by atoms with E-state index in [0.717, 1.165) is 27.3 Å². The summed E-state index contributed by atoms with van der Waals surface area (Å²) in [5, 5.41) is 2.71. The normalized spacial score (nSPS) is 11.7. The summed E-state index contributed by atoms with van der Waals surface area (Å²) in [7, 11) is 1.79. The number of fused-ring (bicyclic) bond motifs is 5. The standard InChI is InChI=1S/C16H11ClN2O/c1-18-13-5-3-2-4-12(13)15-8-10-6-7-11(17)9-14(10)19(15)16(18)20/h2-9H,1H3. The molecule has 20 heavy (non-hydrogen) atoms. The molecule has 2 aromatic heterocycles. The topological polar surface area (TPSA) is 26.4 Å². The summed E-state index contributed by atoms with van der Waals surface area (Å²) in [5.41, 5.74) is 2.63. The van der Waals surface area contributed by atoms with Crippen molar-refractivity contribution in [3.8, 4) is 0 Å². The summed E-state index contributed by atoms with van der Waals surface area (Å²) in [4.78, 5) is 12.6. The van der Waals surface area contributed by atoms with Gasteiger partial charge in [-0.15, -0.1) is 0 Å². The number of benzene rings is 2. The molecule has 0 atom stereocenters. The van der Waals surface area contributed by atoms with Gasteiger partial charge in [0.1, 0.15) is 0 Å². The fourth-order valence-corrected chi connectivity index (χ4v) is 2.98. The van der Waals surface area contributed by atoms with Gasteiger partial charge in [0.05, 0.1) is 16.6 Å². The fourth-order valence-electron chi connectivity index (χ4n) is 2.81. The first-order chi connectivity index (χ1) is 9.66. The first-order valence-corrected chi connectivity index (χ1v) is 6.73. The number of aromatic nitrogens is 2. The van der Waals surface area contributed by atoms with E-state index in [9.17, 15) is 4.79 Å². The number of hydrogen-bond donors (Lipinski definition) is 0. The summed E-state index contributed by atoms with van der Waals surface area (Å²) in [5.74, 6) is 0. The van der Waals surface area contributed by atoms with Crippen LogP contribution in [0.2, 0.25) is 5.02 Å². The van der Waals surface area contributed by atoms with Gasteiger partial charge in [-0.05, 0) is 24.3 Å². The summed E-state index contributed by atoms with van der Waals surface area (Å²) in [6.45, 7) is 0. The molecule has 0 spiro atoms. The van der Waals surface area contributed by atoms with Gasteiger partial charge in [-0.25, -0.2) is 4.79 Å². The Morgan fingerprint density at radius 1 is 0.950 bits per heavy atom. The molecule has 4 rings (SSSR count). The second-order valence-electron chi connectivity index (χ2n) is 4.93. The first-order valence-electron chi connectivity index (χ1n) is 6.35. The zero-order valence-electron chi connectivity index (χ0n) is 10.8. The van der Waals surface area contributed by atoms with Gasteiger partial charge in [0.25, 0.3) is 0 Å². The van der Waals surface area contributed by atoms with Crippen molar-refractivity contribution in [2.24, 2.45) is 7.05 Å². The lowest BCUT2D eigenvalue weighted by Gasteiger charge is -2.07. The Labute approximate surface area is 119 Å². The summed E-state index contributed by atoms with van der Waals surface area (Å²) >= 11 is 6.06. The number of nitrogens with zero attached hydrogens (tertiary/aromatic N) is 2.